The van der Waals surface area contributed by atoms with Crippen molar-refractivity contribution in [3.05, 3.63) is 17.8 Å². The van der Waals surface area contributed by atoms with E-state index in [4.69, 9.17) is 0 Å². The van der Waals surface area contributed by atoms with Crippen LogP contribution < -0.4 is 9.80 Å². The van der Waals surface area contributed by atoms with Crippen molar-refractivity contribution in [3.63, 3.8) is 0 Å². The molecule has 1 fully saturated rings. The third kappa shape index (κ3) is 1.66. The molecule has 0 radical (unpaired) electrons. The van der Waals surface area contributed by atoms with E-state index in [2.05, 4.69) is 33.4 Å². The Balaban J connectivity index is 1.96. The van der Waals surface area contributed by atoms with Gasteiger partial charge in [0.25, 0.3) is 0 Å². The SMILES string of the molecule is C[NH+]1CCN(c2ncnc3sccc23)CC1. The van der Waals surface area contributed by atoms with E-state index in [1.165, 1.54) is 18.5 Å². The van der Waals surface area contributed by atoms with Gasteiger partial charge < -0.3 is 9.80 Å². The van der Waals surface area contributed by atoms with Gasteiger partial charge in [-0.2, -0.15) is 0 Å². The van der Waals surface area contributed by atoms with Crippen molar-refractivity contribution < 1.29 is 4.90 Å². The smallest absolute Gasteiger partial charge is 0.141 e. The van der Waals surface area contributed by atoms with Gasteiger partial charge in [-0.1, -0.05) is 0 Å². The zero-order chi connectivity index (χ0) is 11.0. The Morgan fingerprint density at radius 1 is 1.31 bits per heavy atom. The molecule has 0 bridgehead atoms. The summed E-state index contributed by atoms with van der Waals surface area (Å²) in [5.41, 5.74) is 0. The van der Waals surface area contributed by atoms with Crippen molar-refractivity contribution in [2.75, 3.05) is 38.1 Å². The molecule has 1 N–H and O–H groups in total. The van der Waals surface area contributed by atoms with Crippen molar-refractivity contribution in [2.45, 2.75) is 0 Å². The number of thiophene rings is 1. The number of rotatable bonds is 1. The second-order valence-electron chi connectivity index (χ2n) is 4.28. The molecule has 2 aromatic heterocycles. The lowest BCUT2D eigenvalue weighted by atomic mass is 10.3. The zero-order valence-electron chi connectivity index (χ0n) is 9.31. The van der Waals surface area contributed by atoms with Crippen LogP contribution in [0.1, 0.15) is 0 Å². The molecule has 1 saturated heterocycles. The summed E-state index contributed by atoms with van der Waals surface area (Å²) in [6.07, 6.45) is 1.68. The summed E-state index contributed by atoms with van der Waals surface area (Å²) in [5, 5.41) is 3.29. The zero-order valence-corrected chi connectivity index (χ0v) is 10.1. The van der Waals surface area contributed by atoms with Crippen LogP contribution in [0.2, 0.25) is 0 Å². The Kier molecular flexibility index (Phi) is 2.49. The summed E-state index contributed by atoms with van der Waals surface area (Å²) < 4.78 is 0. The number of hydrogen-bond donors (Lipinski definition) is 1. The Hall–Kier alpha value is -1.20. The van der Waals surface area contributed by atoms with E-state index in [1.807, 2.05) is 0 Å². The highest BCUT2D eigenvalue weighted by Gasteiger charge is 2.19. The molecule has 4 nitrogen and oxygen atoms in total. The molecule has 84 valence electrons. The predicted octanol–water partition coefficient (Wildman–Crippen LogP) is 0.0260. The van der Waals surface area contributed by atoms with E-state index in [1.54, 1.807) is 22.6 Å². The highest BCUT2D eigenvalue weighted by molar-refractivity contribution is 7.16. The lowest BCUT2D eigenvalue weighted by Gasteiger charge is -2.31. The monoisotopic (exact) mass is 235 g/mol. The Morgan fingerprint density at radius 2 is 2.12 bits per heavy atom. The fourth-order valence-electron chi connectivity index (χ4n) is 2.13. The predicted molar refractivity (Wildman–Crippen MR) is 66.2 cm³/mol. The number of nitrogens with one attached hydrogen (secondary N) is 1. The number of fused-ring (bicyclic) bond motifs is 1. The van der Waals surface area contributed by atoms with Crippen LogP contribution in [0.25, 0.3) is 10.2 Å². The van der Waals surface area contributed by atoms with Crippen LogP contribution in [0.3, 0.4) is 0 Å². The summed E-state index contributed by atoms with van der Waals surface area (Å²) in [5.74, 6) is 1.11. The third-order valence-electron chi connectivity index (χ3n) is 3.16. The molecule has 0 spiro atoms. The van der Waals surface area contributed by atoms with Gasteiger partial charge >= 0.3 is 0 Å². The van der Waals surface area contributed by atoms with Crippen molar-refractivity contribution >= 4 is 27.4 Å². The normalized spacial score (nSPS) is 18.2. The van der Waals surface area contributed by atoms with E-state index in [9.17, 15) is 0 Å². The van der Waals surface area contributed by atoms with Crippen molar-refractivity contribution in [1.82, 2.24) is 9.97 Å². The largest absolute Gasteiger partial charge is 0.345 e. The number of nitrogens with zero attached hydrogens (tertiary/aromatic N) is 3. The van der Waals surface area contributed by atoms with Crippen LogP contribution >= 0.6 is 11.3 Å². The summed E-state index contributed by atoms with van der Waals surface area (Å²) in [6, 6.07) is 2.13. The Bertz CT molecular complexity index is 487. The average molecular weight is 235 g/mol. The summed E-state index contributed by atoms with van der Waals surface area (Å²) in [4.78, 5) is 13.8. The van der Waals surface area contributed by atoms with Crippen LogP contribution in [-0.4, -0.2) is 43.2 Å². The minimum atomic E-state index is 1.09. The van der Waals surface area contributed by atoms with Gasteiger partial charge in [-0.15, -0.1) is 11.3 Å². The van der Waals surface area contributed by atoms with Crippen LogP contribution in [0, 0.1) is 0 Å². The van der Waals surface area contributed by atoms with Crippen LogP contribution in [0.5, 0.6) is 0 Å². The topological polar surface area (TPSA) is 33.5 Å². The van der Waals surface area contributed by atoms with Crippen LogP contribution in [0.4, 0.5) is 5.82 Å². The first-order valence-corrected chi connectivity index (χ1v) is 6.47. The molecule has 2 aromatic rings. The van der Waals surface area contributed by atoms with Gasteiger partial charge in [0, 0.05) is 0 Å². The molecule has 0 aliphatic carbocycles. The highest BCUT2D eigenvalue weighted by atomic mass is 32.1. The maximum absolute atomic E-state index is 4.44. The number of likely N-dealkylation sites (N-methyl/N-ethyl adjacent to an activating group) is 1. The summed E-state index contributed by atoms with van der Waals surface area (Å²) in [7, 11) is 2.25. The fraction of sp³-hybridized carbons (Fsp3) is 0.455. The molecule has 1 aliphatic rings. The van der Waals surface area contributed by atoms with E-state index >= 15 is 0 Å². The van der Waals surface area contributed by atoms with Crippen LogP contribution in [0.15, 0.2) is 17.8 Å². The molecule has 0 amide bonds. The lowest BCUT2D eigenvalue weighted by Crippen LogP contribution is -3.12. The molecule has 0 atom stereocenters. The molecular formula is C11H15N4S+. The van der Waals surface area contributed by atoms with Gasteiger partial charge in [0.2, 0.25) is 0 Å². The van der Waals surface area contributed by atoms with Crippen LogP contribution in [-0.2, 0) is 0 Å². The molecule has 5 heteroatoms. The summed E-state index contributed by atoms with van der Waals surface area (Å²) in [6.45, 7) is 4.56. The van der Waals surface area contributed by atoms with Gasteiger partial charge in [-0.25, -0.2) is 9.97 Å². The van der Waals surface area contributed by atoms with Crippen molar-refractivity contribution in [1.29, 1.82) is 0 Å². The Morgan fingerprint density at radius 3 is 2.94 bits per heavy atom. The second kappa shape index (κ2) is 3.99. The molecule has 0 saturated carbocycles. The fourth-order valence-corrected chi connectivity index (χ4v) is 2.86. The number of piperazine rings is 1. The quantitative estimate of drug-likeness (QED) is 0.757. The third-order valence-corrected chi connectivity index (χ3v) is 3.98. The second-order valence-corrected chi connectivity index (χ2v) is 5.18. The number of hydrogen-bond acceptors (Lipinski definition) is 4. The minimum absolute atomic E-state index is 1.09. The first-order valence-electron chi connectivity index (χ1n) is 5.59. The lowest BCUT2D eigenvalue weighted by molar-refractivity contribution is -0.880. The standard InChI is InChI=1S/C11H14N4S/c1-14-3-5-15(6-4-14)10-9-2-7-16-11(9)13-8-12-10/h2,7-8H,3-6H2,1H3/p+1. The Labute approximate surface area is 98.5 Å². The van der Waals surface area contributed by atoms with E-state index in [0.29, 0.717) is 0 Å². The number of quaternary nitrogens is 1. The first kappa shape index (κ1) is 9.99. The molecule has 16 heavy (non-hydrogen) atoms. The average Bonchev–Trinajstić information content (AvgIpc) is 2.78. The molecular weight excluding hydrogens is 220 g/mol. The van der Waals surface area contributed by atoms with Gasteiger partial charge in [-0.3, -0.25) is 0 Å². The number of aromatic nitrogens is 2. The molecule has 3 rings (SSSR count). The number of anilines is 1. The van der Waals surface area contributed by atoms with Gasteiger partial charge in [0.1, 0.15) is 17.0 Å². The minimum Gasteiger partial charge on any atom is -0.345 e. The molecule has 0 unspecified atom stereocenters. The van der Waals surface area contributed by atoms with E-state index in [-0.39, 0.29) is 0 Å². The van der Waals surface area contributed by atoms with E-state index in [0.717, 1.165) is 23.7 Å². The van der Waals surface area contributed by atoms with E-state index < -0.39 is 0 Å². The van der Waals surface area contributed by atoms with Crippen molar-refractivity contribution in [2.24, 2.45) is 0 Å². The van der Waals surface area contributed by atoms with Gasteiger partial charge in [0.05, 0.1) is 38.6 Å². The summed E-state index contributed by atoms with van der Waals surface area (Å²) >= 11 is 1.68. The van der Waals surface area contributed by atoms with Gasteiger partial charge in [-0.05, 0) is 11.4 Å². The maximum atomic E-state index is 4.44. The van der Waals surface area contributed by atoms with Crippen molar-refractivity contribution in [3.8, 4) is 0 Å². The van der Waals surface area contributed by atoms with Gasteiger partial charge in [0.15, 0.2) is 0 Å². The molecule has 0 aromatic carbocycles. The highest BCUT2D eigenvalue weighted by Crippen LogP contribution is 2.26. The first-order chi connectivity index (χ1) is 7.84. The molecule has 1 aliphatic heterocycles. The molecule has 3 heterocycles. The maximum Gasteiger partial charge on any atom is 0.141 e.